The molecular weight excluding hydrogens is 250 g/mol. The number of nitrogens with one attached hydrogen (secondary N) is 2. The molecule has 3 aliphatic rings. The van der Waals surface area contributed by atoms with Crippen LogP contribution in [0.3, 0.4) is 0 Å². The fourth-order valence-electron chi connectivity index (χ4n) is 2.91. The number of rotatable bonds is 3. The standard InChI is InChI=1S/C12H21N3O2S/c16-12(11-7-18-8-14-11)13-4-10-5-15-3-1-2-9(15)6-17-10/h9-11,14H,1-8H2,(H,13,16). The summed E-state index contributed by atoms with van der Waals surface area (Å²) in [7, 11) is 0. The molecule has 18 heavy (non-hydrogen) atoms. The lowest BCUT2D eigenvalue weighted by molar-refractivity contribution is -0.123. The molecule has 0 aromatic heterocycles. The van der Waals surface area contributed by atoms with Gasteiger partial charge in [-0.2, -0.15) is 0 Å². The molecule has 5 nitrogen and oxygen atoms in total. The zero-order chi connectivity index (χ0) is 12.4. The minimum Gasteiger partial charge on any atom is -0.373 e. The van der Waals surface area contributed by atoms with Crippen LogP contribution in [0.25, 0.3) is 0 Å². The van der Waals surface area contributed by atoms with E-state index in [9.17, 15) is 4.79 Å². The molecule has 3 saturated heterocycles. The Morgan fingerprint density at radius 1 is 1.56 bits per heavy atom. The van der Waals surface area contributed by atoms with Gasteiger partial charge in [-0.15, -0.1) is 11.8 Å². The summed E-state index contributed by atoms with van der Waals surface area (Å²) in [5.41, 5.74) is 0. The van der Waals surface area contributed by atoms with Crippen molar-refractivity contribution in [1.82, 2.24) is 15.5 Å². The Labute approximate surface area is 112 Å². The van der Waals surface area contributed by atoms with E-state index >= 15 is 0 Å². The van der Waals surface area contributed by atoms with E-state index < -0.39 is 0 Å². The van der Waals surface area contributed by atoms with Crippen LogP contribution in [0.15, 0.2) is 0 Å². The summed E-state index contributed by atoms with van der Waals surface area (Å²) < 4.78 is 5.82. The van der Waals surface area contributed by atoms with Gasteiger partial charge in [0.05, 0.1) is 18.8 Å². The lowest BCUT2D eigenvalue weighted by atomic mass is 10.2. The van der Waals surface area contributed by atoms with Gasteiger partial charge in [-0.1, -0.05) is 0 Å². The number of carbonyl (C=O) groups is 1. The zero-order valence-corrected chi connectivity index (χ0v) is 11.4. The molecule has 0 aliphatic carbocycles. The first-order chi connectivity index (χ1) is 8.83. The number of morpholine rings is 1. The van der Waals surface area contributed by atoms with Crippen molar-refractivity contribution >= 4 is 17.7 Å². The molecule has 3 atom stereocenters. The van der Waals surface area contributed by atoms with Crippen LogP contribution in [-0.4, -0.2) is 66.9 Å². The Bertz CT molecular complexity index is 310. The smallest absolute Gasteiger partial charge is 0.238 e. The normalized spacial score (nSPS) is 36.6. The third-order valence-corrected chi connectivity index (χ3v) is 4.94. The van der Waals surface area contributed by atoms with Crippen LogP contribution in [0.2, 0.25) is 0 Å². The second kappa shape index (κ2) is 5.77. The Morgan fingerprint density at radius 3 is 3.33 bits per heavy atom. The van der Waals surface area contributed by atoms with Crippen LogP contribution < -0.4 is 10.6 Å². The van der Waals surface area contributed by atoms with E-state index in [1.54, 1.807) is 11.8 Å². The quantitative estimate of drug-likeness (QED) is 0.733. The first-order valence-corrected chi connectivity index (χ1v) is 7.93. The van der Waals surface area contributed by atoms with Crippen molar-refractivity contribution in [2.75, 3.05) is 37.9 Å². The van der Waals surface area contributed by atoms with E-state index in [2.05, 4.69) is 15.5 Å². The molecule has 3 unspecified atom stereocenters. The minimum absolute atomic E-state index is 0.0156. The summed E-state index contributed by atoms with van der Waals surface area (Å²) in [5, 5.41) is 6.19. The van der Waals surface area contributed by atoms with Crippen molar-refractivity contribution in [3.05, 3.63) is 0 Å². The van der Waals surface area contributed by atoms with Crippen LogP contribution in [0.5, 0.6) is 0 Å². The second-order valence-electron chi connectivity index (χ2n) is 5.26. The van der Waals surface area contributed by atoms with E-state index in [0.29, 0.717) is 12.6 Å². The van der Waals surface area contributed by atoms with Crippen LogP contribution in [0, 0.1) is 0 Å². The molecular formula is C12H21N3O2S. The number of nitrogens with zero attached hydrogens (tertiary/aromatic N) is 1. The van der Waals surface area contributed by atoms with Crippen LogP contribution in [0.4, 0.5) is 0 Å². The van der Waals surface area contributed by atoms with Crippen LogP contribution in [0.1, 0.15) is 12.8 Å². The van der Waals surface area contributed by atoms with E-state index in [4.69, 9.17) is 4.74 Å². The van der Waals surface area contributed by atoms with Crippen LogP contribution >= 0.6 is 11.8 Å². The lowest BCUT2D eigenvalue weighted by Crippen LogP contribution is -2.52. The van der Waals surface area contributed by atoms with Gasteiger partial charge in [-0.3, -0.25) is 15.0 Å². The molecule has 3 fully saturated rings. The predicted molar refractivity (Wildman–Crippen MR) is 71.6 cm³/mol. The number of hydrogen-bond acceptors (Lipinski definition) is 5. The molecule has 3 aliphatic heterocycles. The molecule has 0 spiro atoms. The van der Waals surface area contributed by atoms with Crippen molar-refractivity contribution in [2.45, 2.75) is 31.0 Å². The number of amides is 1. The molecule has 0 radical (unpaired) electrons. The Kier molecular flexibility index (Phi) is 4.08. The Balaban J connectivity index is 1.41. The monoisotopic (exact) mass is 271 g/mol. The fourth-order valence-corrected chi connectivity index (χ4v) is 3.85. The van der Waals surface area contributed by atoms with Gasteiger partial charge >= 0.3 is 0 Å². The molecule has 3 rings (SSSR count). The fraction of sp³-hybridized carbons (Fsp3) is 0.917. The molecule has 102 valence electrons. The van der Waals surface area contributed by atoms with Crippen molar-refractivity contribution in [3.8, 4) is 0 Å². The summed E-state index contributed by atoms with van der Waals surface area (Å²) >= 11 is 1.77. The maximum absolute atomic E-state index is 11.9. The highest BCUT2D eigenvalue weighted by Crippen LogP contribution is 2.22. The van der Waals surface area contributed by atoms with Crippen molar-refractivity contribution in [3.63, 3.8) is 0 Å². The molecule has 0 aromatic rings. The summed E-state index contributed by atoms with van der Waals surface area (Å²) in [6, 6.07) is 0.614. The number of ether oxygens (including phenoxy) is 1. The molecule has 2 N–H and O–H groups in total. The van der Waals surface area contributed by atoms with Crippen LogP contribution in [-0.2, 0) is 9.53 Å². The number of hydrogen-bond donors (Lipinski definition) is 2. The van der Waals surface area contributed by atoms with Crippen molar-refractivity contribution in [2.24, 2.45) is 0 Å². The maximum Gasteiger partial charge on any atom is 0.238 e. The zero-order valence-electron chi connectivity index (χ0n) is 10.6. The molecule has 0 saturated carbocycles. The Morgan fingerprint density at radius 2 is 2.50 bits per heavy atom. The topological polar surface area (TPSA) is 53.6 Å². The molecule has 1 amide bonds. The van der Waals surface area contributed by atoms with Crippen molar-refractivity contribution < 1.29 is 9.53 Å². The molecule has 0 bridgehead atoms. The predicted octanol–water partition coefficient (Wildman–Crippen LogP) is -0.372. The van der Waals surface area contributed by atoms with Gasteiger partial charge in [0.25, 0.3) is 0 Å². The maximum atomic E-state index is 11.9. The van der Waals surface area contributed by atoms with Gasteiger partial charge in [0.1, 0.15) is 0 Å². The van der Waals surface area contributed by atoms with E-state index in [1.807, 2.05) is 0 Å². The van der Waals surface area contributed by atoms with Gasteiger partial charge in [0.2, 0.25) is 5.91 Å². The SMILES string of the molecule is O=C(NCC1CN2CCCC2CO1)C1CSCN1. The molecule has 6 heteroatoms. The highest BCUT2D eigenvalue weighted by atomic mass is 32.2. The van der Waals surface area contributed by atoms with E-state index in [-0.39, 0.29) is 18.1 Å². The molecule has 3 heterocycles. The summed E-state index contributed by atoms with van der Waals surface area (Å²) in [4.78, 5) is 14.4. The molecule has 0 aromatic carbocycles. The average Bonchev–Trinajstić information content (AvgIpc) is 3.05. The third-order valence-electron chi connectivity index (χ3n) is 4.00. The van der Waals surface area contributed by atoms with Crippen molar-refractivity contribution in [1.29, 1.82) is 0 Å². The second-order valence-corrected chi connectivity index (χ2v) is 6.29. The summed E-state index contributed by atoms with van der Waals surface area (Å²) in [6.07, 6.45) is 2.72. The van der Waals surface area contributed by atoms with Gasteiger partial charge in [-0.05, 0) is 19.4 Å². The van der Waals surface area contributed by atoms with E-state index in [1.165, 1.54) is 19.4 Å². The number of fused-ring (bicyclic) bond motifs is 1. The first-order valence-electron chi connectivity index (χ1n) is 6.77. The number of carbonyl (C=O) groups excluding carboxylic acids is 1. The average molecular weight is 271 g/mol. The first kappa shape index (κ1) is 12.7. The lowest BCUT2D eigenvalue weighted by Gasteiger charge is -2.35. The Hall–Kier alpha value is -0.300. The third kappa shape index (κ3) is 2.82. The largest absolute Gasteiger partial charge is 0.373 e. The van der Waals surface area contributed by atoms with Gasteiger partial charge < -0.3 is 10.1 Å². The van der Waals surface area contributed by atoms with Gasteiger partial charge in [0, 0.05) is 30.8 Å². The van der Waals surface area contributed by atoms with Gasteiger partial charge in [0.15, 0.2) is 0 Å². The summed E-state index contributed by atoms with van der Waals surface area (Å²) in [5.74, 6) is 1.88. The number of thioether (sulfide) groups is 1. The summed E-state index contributed by atoms with van der Waals surface area (Å²) in [6.45, 7) is 3.64. The highest BCUT2D eigenvalue weighted by Gasteiger charge is 2.32. The van der Waals surface area contributed by atoms with Gasteiger partial charge in [-0.25, -0.2) is 0 Å². The van der Waals surface area contributed by atoms with E-state index in [0.717, 1.165) is 24.8 Å². The minimum atomic E-state index is -0.0156. The highest BCUT2D eigenvalue weighted by molar-refractivity contribution is 7.99.